The SMILES string of the molecule is CCC#CC(C)C(C)c1cccs1. The molecule has 0 bridgehead atoms. The molecule has 70 valence electrons. The molecule has 1 rings (SSSR count). The normalized spacial score (nSPS) is 14.4. The molecule has 0 nitrogen and oxygen atoms in total. The van der Waals surface area contributed by atoms with Crippen LogP contribution < -0.4 is 0 Å². The van der Waals surface area contributed by atoms with Gasteiger partial charge in [0.15, 0.2) is 0 Å². The first kappa shape index (κ1) is 10.3. The van der Waals surface area contributed by atoms with Crippen molar-refractivity contribution in [3.05, 3.63) is 22.4 Å². The summed E-state index contributed by atoms with van der Waals surface area (Å²) in [7, 11) is 0. The second kappa shape index (κ2) is 5.09. The Balaban J connectivity index is 2.62. The molecule has 1 heterocycles. The van der Waals surface area contributed by atoms with Crippen molar-refractivity contribution in [2.75, 3.05) is 0 Å². The minimum Gasteiger partial charge on any atom is -0.149 e. The second-order valence-corrected chi connectivity index (χ2v) is 4.25. The fourth-order valence-corrected chi connectivity index (χ4v) is 2.07. The molecule has 2 atom stereocenters. The van der Waals surface area contributed by atoms with Crippen LogP contribution in [0.3, 0.4) is 0 Å². The lowest BCUT2D eigenvalue weighted by Gasteiger charge is -2.12. The molecule has 0 aliphatic heterocycles. The van der Waals surface area contributed by atoms with E-state index in [0.29, 0.717) is 11.8 Å². The van der Waals surface area contributed by atoms with E-state index in [1.54, 1.807) is 0 Å². The smallest absolute Gasteiger partial charge is 0.0248 e. The van der Waals surface area contributed by atoms with Gasteiger partial charge in [-0.3, -0.25) is 0 Å². The maximum atomic E-state index is 3.28. The average Bonchev–Trinajstić information content (AvgIpc) is 2.65. The quantitative estimate of drug-likeness (QED) is 0.623. The molecule has 0 saturated carbocycles. The summed E-state index contributed by atoms with van der Waals surface area (Å²) in [5, 5.41) is 2.13. The van der Waals surface area contributed by atoms with Crippen LogP contribution in [0.25, 0.3) is 0 Å². The predicted molar refractivity (Wildman–Crippen MR) is 60.0 cm³/mol. The molecule has 0 fully saturated rings. The lowest BCUT2D eigenvalue weighted by atomic mass is 9.95. The van der Waals surface area contributed by atoms with E-state index in [2.05, 4.69) is 50.1 Å². The van der Waals surface area contributed by atoms with Gasteiger partial charge >= 0.3 is 0 Å². The van der Waals surface area contributed by atoms with Crippen LogP contribution in [-0.2, 0) is 0 Å². The summed E-state index contributed by atoms with van der Waals surface area (Å²) >= 11 is 1.83. The van der Waals surface area contributed by atoms with Gasteiger partial charge in [-0.25, -0.2) is 0 Å². The van der Waals surface area contributed by atoms with E-state index < -0.39 is 0 Å². The molecule has 13 heavy (non-hydrogen) atoms. The third kappa shape index (κ3) is 2.90. The lowest BCUT2D eigenvalue weighted by Crippen LogP contribution is -2.01. The van der Waals surface area contributed by atoms with Crippen LogP contribution in [0.15, 0.2) is 17.5 Å². The predicted octanol–water partition coefficient (Wildman–Crippen LogP) is 3.90. The molecular weight excluding hydrogens is 176 g/mol. The molecule has 1 heteroatoms. The van der Waals surface area contributed by atoms with Crippen LogP contribution in [0, 0.1) is 17.8 Å². The van der Waals surface area contributed by atoms with E-state index >= 15 is 0 Å². The zero-order valence-electron chi connectivity index (χ0n) is 8.50. The zero-order valence-corrected chi connectivity index (χ0v) is 9.32. The highest BCUT2D eigenvalue weighted by Gasteiger charge is 2.12. The molecule has 0 aromatic carbocycles. The molecule has 0 saturated heterocycles. The molecule has 0 N–H and O–H groups in total. The van der Waals surface area contributed by atoms with Crippen LogP contribution >= 0.6 is 11.3 Å². The standard InChI is InChI=1S/C12H16S/c1-4-5-7-10(2)11(3)12-8-6-9-13-12/h6,8-11H,4H2,1-3H3. The fourth-order valence-electron chi connectivity index (χ4n) is 1.18. The van der Waals surface area contributed by atoms with E-state index in [4.69, 9.17) is 0 Å². The molecule has 1 aromatic heterocycles. The van der Waals surface area contributed by atoms with Gasteiger partial charge in [0.25, 0.3) is 0 Å². The van der Waals surface area contributed by atoms with Gasteiger partial charge in [0.05, 0.1) is 0 Å². The van der Waals surface area contributed by atoms with Gasteiger partial charge in [-0.15, -0.1) is 17.3 Å². The fraction of sp³-hybridized carbons (Fsp3) is 0.500. The molecule has 0 aliphatic rings. The number of hydrogen-bond acceptors (Lipinski definition) is 1. The third-order valence-electron chi connectivity index (χ3n) is 2.25. The Labute approximate surface area is 85.0 Å². The van der Waals surface area contributed by atoms with Crippen molar-refractivity contribution >= 4 is 11.3 Å². The lowest BCUT2D eigenvalue weighted by molar-refractivity contribution is 0.619. The molecule has 0 aliphatic carbocycles. The van der Waals surface area contributed by atoms with Gasteiger partial charge in [-0.2, -0.15) is 0 Å². The van der Waals surface area contributed by atoms with E-state index in [-0.39, 0.29) is 0 Å². The van der Waals surface area contributed by atoms with Crippen LogP contribution in [-0.4, -0.2) is 0 Å². The van der Waals surface area contributed by atoms with E-state index in [1.807, 2.05) is 11.3 Å². The Bertz CT molecular complexity index is 287. The van der Waals surface area contributed by atoms with Crippen molar-refractivity contribution in [2.45, 2.75) is 33.1 Å². The van der Waals surface area contributed by atoms with Crippen molar-refractivity contribution < 1.29 is 0 Å². The van der Waals surface area contributed by atoms with Crippen molar-refractivity contribution in [2.24, 2.45) is 5.92 Å². The van der Waals surface area contributed by atoms with Gasteiger partial charge in [0, 0.05) is 23.1 Å². The summed E-state index contributed by atoms with van der Waals surface area (Å²) in [6.45, 7) is 6.55. The molecule has 2 unspecified atom stereocenters. The number of thiophene rings is 1. The average molecular weight is 192 g/mol. The topological polar surface area (TPSA) is 0 Å². The monoisotopic (exact) mass is 192 g/mol. The summed E-state index contributed by atoms with van der Waals surface area (Å²) in [5.74, 6) is 7.46. The molecule has 1 aromatic rings. The third-order valence-corrected chi connectivity index (χ3v) is 3.32. The zero-order chi connectivity index (χ0) is 9.68. The summed E-state index contributed by atoms with van der Waals surface area (Å²) in [6.07, 6.45) is 0.960. The van der Waals surface area contributed by atoms with Crippen LogP contribution in [0.5, 0.6) is 0 Å². The van der Waals surface area contributed by atoms with E-state index in [9.17, 15) is 0 Å². The summed E-state index contributed by atoms with van der Waals surface area (Å²) in [6, 6.07) is 4.30. The first-order chi connectivity index (χ1) is 6.25. The minimum atomic E-state index is 0.471. The largest absolute Gasteiger partial charge is 0.149 e. The van der Waals surface area contributed by atoms with Gasteiger partial charge in [-0.05, 0) is 11.4 Å². The highest BCUT2D eigenvalue weighted by atomic mass is 32.1. The van der Waals surface area contributed by atoms with Gasteiger partial charge < -0.3 is 0 Å². The number of rotatable bonds is 2. The van der Waals surface area contributed by atoms with E-state index in [0.717, 1.165) is 6.42 Å². The highest BCUT2D eigenvalue weighted by Crippen LogP contribution is 2.27. The van der Waals surface area contributed by atoms with Gasteiger partial charge in [-0.1, -0.05) is 32.8 Å². The Morgan fingerprint density at radius 2 is 2.23 bits per heavy atom. The molecule has 0 amide bonds. The highest BCUT2D eigenvalue weighted by molar-refractivity contribution is 7.10. The van der Waals surface area contributed by atoms with E-state index in [1.165, 1.54) is 4.88 Å². The Hall–Kier alpha value is -0.740. The van der Waals surface area contributed by atoms with Gasteiger partial charge in [0.2, 0.25) is 0 Å². The maximum Gasteiger partial charge on any atom is 0.0248 e. The van der Waals surface area contributed by atoms with Crippen LogP contribution in [0.1, 0.15) is 38.0 Å². The second-order valence-electron chi connectivity index (χ2n) is 3.27. The van der Waals surface area contributed by atoms with Crippen LogP contribution in [0.4, 0.5) is 0 Å². The van der Waals surface area contributed by atoms with Crippen molar-refractivity contribution in [1.29, 1.82) is 0 Å². The molecule has 0 spiro atoms. The van der Waals surface area contributed by atoms with Crippen molar-refractivity contribution in [1.82, 2.24) is 0 Å². The summed E-state index contributed by atoms with van der Waals surface area (Å²) in [4.78, 5) is 1.44. The first-order valence-electron chi connectivity index (χ1n) is 4.77. The number of hydrogen-bond donors (Lipinski definition) is 0. The summed E-state index contributed by atoms with van der Waals surface area (Å²) in [5.41, 5.74) is 0. The van der Waals surface area contributed by atoms with Gasteiger partial charge in [0.1, 0.15) is 0 Å². The molecule has 0 radical (unpaired) electrons. The Morgan fingerprint density at radius 1 is 1.46 bits per heavy atom. The van der Waals surface area contributed by atoms with Crippen molar-refractivity contribution in [3.8, 4) is 11.8 Å². The minimum absolute atomic E-state index is 0.471. The van der Waals surface area contributed by atoms with Crippen LogP contribution in [0.2, 0.25) is 0 Å². The summed E-state index contributed by atoms with van der Waals surface area (Å²) < 4.78 is 0. The Kier molecular flexibility index (Phi) is 4.05. The maximum absolute atomic E-state index is 3.28. The Morgan fingerprint density at radius 3 is 2.77 bits per heavy atom. The van der Waals surface area contributed by atoms with Crippen molar-refractivity contribution in [3.63, 3.8) is 0 Å². The first-order valence-corrected chi connectivity index (χ1v) is 5.65. The molecular formula is C12H16S.